The Morgan fingerprint density at radius 1 is 1.21 bits per heavy atom. The highest BCUT2D eigenvalue weighted by Gasteiger charge is 2.21. The maximum Gasteiger partial charge on any atom is 0.269 e. The molecule has 11 heteroatoms. The maximum atomic E-state index is 12.3. The molecule has 3 heterocycles. The molecule has 1 amide bonds. The Bertz CT molecular complexity index is 1140. The maximum absolute atomic E-state index is 12.3. The van der Waals surface area contributed by atoms with Crippen LogP contribution in [0, 0.1) is 10.1 Å². The zero-order valence-electron chi connectivity index (χ0n) is 18.7. The van der Waals surface area contributed by atoms with Gasteiger partial charge in [-0.1, -0.05) is 37.7 Å². The Kier molecular flexibility index (Phi) is 7.07. The molecule has 2 aromatic heterocycles. The third-order valence-corrected chi connectivity index (χ3v) is 6.22. The van der Waals surface area contributed by atoms with Gasteiger partial charge in [0.25, 0.3) is 5.69 Å². The van der Waals surface area contributed by atoms with Crippen LogP contribution in [0.1, 0.15) is 32.3 Å². The third-order valence-electron chi connectivity index (χ3n) is 5.36. The molecule has 1 aliphatic rings. The lowest BCUT2D eigenvalue weighted by Crippen LogP contribution is -2.29. The lowest BCUT2D eigenvalue weighted by Gasteiger charge is -2.18. The number of amides is 1. The molecule has 0 bridgehead atoms. The highest BCUT2D eigenvalue weighted by molar-refractivity contribution is 7.99. The Morgan fingerprint density at radius 2 is 1.94 bits per heavy atom. The lowest BCUT2D eigenvalue weighted by molar-refractivity contribution is -0.384. The smallest absolute Gasteiger partial charge is 0.269 e. The number of rotatable bonds is 9. The van der Waals surface area contributed by atoms with Gasteiger partial charge in [-0.25, -0.2) is 14.6 Å². The Hall–Kier alpha value is -3.21. The monoisotopic (exact) mass is 469 g/mol. The van der Waals surface area contributed by atoms with Gasteiger partial charge in [-0.3, -0.25) is 14.9 Å². The first kappa shape index (κ1) is 23.0. The SMILES string of the molecule is CC(C)Sc1nc(N2CCCC2)c2cnn(CCNC(=O)Cc3ccc([N+](=O)[O-])cc3)c2n1. The molecule has 10 nitrogen and oxygen atoms in total. The summed E-state index contributed by atoms with van der Waals surface area (Å²) in [6.07, 6.45) is 4.29. The van der Waals surface area contributed by atoms with E-state index < -0.39 is 4.92 Å². The van der Waals surface area contributed by atoms with Gasteiger partial charge in [0, 0.05) is 37.0 Å². The van der Waals surface area contributed by atoms with Gasteiger partial charge in [-0.15, -0.1) is 0 Å². The first-order valence-electron chi connectivity index (χ1n) is 11.1. The first-order valence-corrected chi connectivity index (χ1v) is 11.9. The summed E-state index contributed by atoms with van der Waals surface area (Å²) in [4.78, 5) is 34.5. The van der Waals surface area contributed by atoms with Crippen LogP contribution in [0.2, 0.25) is 0 Å². The second-order valence-electron chi connectivity index (χ2n) is 8.25. The van der Waals surface area contributed by atoms with Crippen molar-refractivity contribution in [3.05, 3.63) is 46.1 Å². The highest BCUT2D eigenvalue weighted by atomic mass is 32.2. The van der Waals surface area contributed by atoms with E-state index in [1.165, 1.54) is 12.1 Å². The van der Waals surface area contributed by atoms with Crippen LogP contribution in [0.3, 0.4) is 0 Å². The first-order chi connectivity index (χ1) is 15.9. The normalized spacial score (nSPS) is 13.7. The number of carbonyl (C=O) groups excluding carboxylic acids is 1. The quantitative estimate of drug-likeness (QED) is 0.220. The molecule has 0 unspecified atom stereocenters. The predicted molar refractivity (Wildman–Crippen MR) is 128 cm³/mol. The van der Waals surface area contributed by atoms with Crippen molar-refractivity contribution in [1.29, 1.82) is 0 Å². The van der Waals surface area contributed by atoms with Crippen molar-refractivity contribution in [3.63, 3.8) is 0 Å². The largest absolute Gasteiger partial charge is 0.356 e. The van der Waals surface area contributed by atoms with Gasteiger partial charge in [0.2, 0.25) is 5.91 Å². The number of hydrogen-bond acceptors (Lipinski definition) is 8. The molecule has 3 aromatic rings. The second-order valence-corrected chi connectivity index (χ2v) is 9.79. The number of anilines is 1. The lowest BCUT2D eigenvalue weighted by atomic mass is 10.1. The molecule has 0 aliphatic carbocycles. The van der Waals surface area contributed by atoms with E-state index in [2.05, 4.69) is 29.2 Å². The number of benzene rings is 1. The van der Waals surface area contributed by atoms with E-state index in [0.29, 0.717) is 18.3 Å². The number of nitrogens with zero attached hydrogens (tertiary/aromatic N) is 6. The molecular formula is C22H27N7O3S. The predicted octanol–water partition coefficient (Wildman–Crippen LogP) is 3.19. The fraction of sp³-hybridized carbons (Fsp3) is 0.455. The van der Waals surface area contributed by atoms with Gasteiger partial charge in [-0.05, 0) is 18.4 Å². The summed E-state index contributed by atoms with van der Waals surface area (Å²) in [5.41, 5.74) is 1.51. The van der Waals surface area contributed by atoms with E-state index in [0.717, 1.165) is 53.5 Å². The van der Waals surface area contributed by atoms with Crippen molar-refractivity contribution in [2.75, 3.05) is 24.5 Å². The molecule has 0 atom stereocenters. The fourth-order valence-electron chi connectivity index (χ4n) is 3.80. The van der Waals surface area contributed by atoms with Crippen LogP contribution in [-0.2, 0) is 17.8 Å². The fourth-order valence-corrected chi connectivity index (χ4v) is 4.50. The Morgan fingerprint density at radius 3 is 2.61 bits per heavy atom. The molecule has 33 heavy (non-hydrogen) atoms. The summed E-state index contributed by atoms with van der Waals surface area (Å²) in [6, 6.07) is 6.01. The molecule has 0 saturated carbocycles. The minimum Gasteiger partial charge on any atom is -0.356 e. The summed E-state index contributed by atoms with van der Waals surface area (Å²) in [5, 5.41) is 20.2. The van der Waals surface area contributed by atoms with Crippen molar-refractivity contribution >= 4 is 40.2 Å². The summed E-state index contributed by atoms with van der Waals surface area (Å²) < 4.78 is 1.81. The van der Waals surface area contributed by atoms with Crippen LogP contribution in [0.15, 0.2) is 35.6 Å². The molecule has 1 fully saturated rings. The van der Waals surface area contributed by atoms with E-state index in [9.17, 15) is 14.9 Å². The van der Waals surface area contributed by atoms with Crippen LogP contribution in [0.25, 0.3) is 11.0 Å². The van der Waals surface area contributed by atoms with Crippen molar-refractivity contribution in [2.24, 2.45) is 0 Å². The van der Waals surface area contributed by atoms with Gasteiger partial charge in [0.05, 0.1) is 29.5 Å². The molecule has 4 rings (SSSR count). The van der Waals surface area contributed by atoms with Crippen molar-refractivity contribution in [1.82, 2.24) is 25.1 Å². The summed E-state index contributed by atoms with van der Waals surface area (Å²) in [5.74, 6) is 0.790. The van der Waals surface area contributed by atoms with Crippen LogP contribution in [-0.4, -0.2) is 55.5 Å². The number of nitro benzene ring substituents is 1. The minimum atomic E-state index is -0.456. The van der Waals surface area contributed by atoms with Gasteiger partial charge >= 0.3 is 0 Å². The van der Waals surface area contributed by atoms with Gasteiger partial charge < -0.3 is 10.2 Å². The molecule has 0 spiro atoms. The van der Waals surface area contributed by atoms with E-state index in [4.69, 9.17) is 9.97 Å². The standard InChI is InChI=1S/C22H27N7O3S/c1-15(2)33-22-25-20(27-10-3-4-11-27)18-14-24-28(21(18)26-22)12-9-23-19(30)13-16-5-7-17(8-6-16)29(31)32/h5-8,14-15H,3-4,9-13H2,1-2H3,(H,23,30). The van der Waals surface area contributed by atoms with Crippen LogP contribution in [0.5, 0.6) is 0 Å². The molecule has 1 N–H and O–H groups in total. The van der Waals surface area contributed by atoms with E-state index >= 15 is 0 Å². The number of nitrogens with one attached hydrogen (secondary N) is 1. The van der Waals surface area contributed by atoms with Crippen LogP contribution in [0.4, 0.5) is 11.5 Å². The number of nitro groups is 1. The van der Waals surface area contributed by atoms with E-state index in [-0.39, 0.29) is 18.0 Å². The minimum absolute atomic E-state index is 0.00927. The number of thioether (sulfide) groups is 1. The highest BCUT2D eigenvalue weighted by Crippen LogP contribution is 2.30. The molecular weight excluding hydrogens is 442 g/mol. The number of hydrogen-bond donors (Lipinski definition) is 1. The summed E-state index contributed by atoms with van der Waals surface area (Å²) in [7, 11) is 0. The molecule has 1 aromatic carbocycles. The second kappa shape index (κ2) is 10.2. The average molecular weight is 470 g/mol. The number of aromatic nitrogens is 4. The Balaban J connectivity index is 1.43. The van der Waals surface area contributed by atoms with Gasteiger partial charge in [0.15, 0.2) is 10.8 Å². The summed E-state index contributed by atoms with van der Waals surface area (Å²) in [6.45, 7) is 7.09. The van der Waals surface area contributed by atoms with Crippen LogP contribution >= 0.6 is 11.8 Å². The molecule has 0 radical (unpaired) electrons. The topological polar surface area (TPSA) is 119 Å². The molecule has 1 saturated heterocycles. The number of fused-ring (bicyclic) bond motifs is 1. The number of non-ortho nitro benzene ring substituents is 1. The van der Waals surface area contributed by atoms with Crippen LogP contribution < -0.4 is 10.2 Å². The van der Waals surface area contributed by atoms with Gasteiger partial charge in [-0.2, -0.15) is 5.10 Å². The summed E-state index contributed by atoms with van der Waals surface area (Å²) >= 11 is 1.63. The molecule has 174 valence electrons. The third kappa shape index (κ3) is 5.59. The van der Waals surface area contributed by atoms with Crippen molar-refractivity contribution < 1.29 is 9.72 Å². The zero-order valence-corrected chi connectivity index (χ0v) is 19.5. The average Bonchev–Trinajstić information content (AvgIpc) is 3.44. The zero-order chi connectivity index (χ0) is 23.4. The van der Waals surface area contributed by atoms with E-state index in [1.807, 2.05) is 10.9 Å². The van der Waals surface area contributed by atoms with Gasteiger partial charge in [0.1, 0.15) is 5.82 Å². The molecule has 1 aliphatic heterocycles. The number of carbonyl (C=O) groups is 1. The van der Waals surface area contributed by atoms with E-state index in [1.54, 1.807) is 23.9 Å². The Labute approximate surface area is 195 Å². The van der Waals surface area contributed by atoms with Crippen molar-refractivity contribution in [3.8, 4) is 0 Å². The van der Waals surface area contributed by atoms with Crippen molar-refractivity contribution in [2.45, 2.75) is 50.1 Å².